The fourth-order valence-corrected chi connectivity index (χ4v) is 4.29. The fourth-order valence-electron chi connectivity index (χ4n) is 3.04. The lowest BCUT2D eigenvalue weighted by molar-refractivity contribution is -0.908. The molecule has 0 radical (unpaired) electrons. The Morgan fingerprint density at radius 2 is 1.68 bits per heavy atom. The predicted molar refractivity (Wildman–Crippen MR) is 119 cm³/mol. The molecule has 1 heterocycles. The third-order valence-electron chi connectivity index (χ3n) is 4.88. The number of ketones is 1. The summed E-state index contributed by atoms with van der Waals surface area (Å²) < 4.78 is 29.3. The molecular weight excluding hydrogens is 436 g/mol. The molecule has 8 heteroatoms. The molecule has 0 saturated carbocycles. The van der Waals surface area contributed by atoms with E-state index in [0.29, 0.717) is 16.3 Å². The first kappa shape index (κ1) is 22.8. The number of sulfonamides is 1. The zero-order valence-corrected chi connectivity index (χ0v) is 19.3. The van der Waals surface area contributed by atoms with Gasteiger partial charge >= 0.3 is 0 Å². The fraction of sp³-hybridized carbons (Fsp3) is 0.217. The molecule has 2 aromatic carbocycles. The maximum absolute atomic E-state index is 13.1. The third-order valence-corrected chi connectivity index (χ3v) is 6.50. The average Bonchev–Trinajstić information content (AvgIpc) is 2.70. The van der Waals surface area contributed by atoms with Crippen LogP contribution < -0.4 is 9.45 Å². The lowest BCUT2D eigenvalue weighted by Crippen LogP contribution is -2.33. The number of aromatic nitrogens is 1. The highest BCUT2D eigenvalue weighted by Crippen LogP contribution is 2.28. The van der Waals surface area contributed by atoms with E-state index in [0.717, 1.165) is 10.3 Å². The Morgan fingerprint density at radius 3 is 2.26 bits per heavy atom. The number of nitrogens with zero attached hydrogens (tertiary/aromatic N) is 1. The van der Waals surface area contributed by atoms with E-state index in [9.17, 15) is 18.4 Å². The summed E-state index contributed by atoms with van der Waals surface area (Å²) in [7, 11) is -3.93. The number of carbonyl (C=O) groups is 1. The summed E-state index contributed by atoms with van der Waals surface area (Å²) in [4.78, 5) is 13.2. The minimum atomic E-state index is -3.93. The second-order valence-electron chi connectivity index (χ2n) is 8.30. The number of aryl methyl sites for hydroxylation is 1. The molecule has 31 heavy (non-hydrogen) atoms. The Labute approximate surface area is 187 Å². The van der Waals surface area contributed by atoms with Crippen LogP contribution in [-0.4, -0.2) is 19.4 Å². The molecular formula is C23H24ClN2O4S+. The molecule has 0 fully saturated rings. The van der Waals surface area contributed by atoms with E-state index in [1.807, 2.05) is 20.8 Å². The summed E-state index contributed by atoms with van der Waals surface area (Å²) in [5, 5.41) is 9.93. The van der Waals surface area contributed by atoms with Crippen molar-refractivity contribution in [1.82, 2.24) is 0 Å². The number of hydrogen-bond acceptors (Lipinski definition) is 4. The minimum absolute atomic E-state index is 0.0886. The number of rotatable bonds is 5. The second-order valence-corrected chi connectivity index (χ2v) is 10.4. The standard InChI is InChI=1S/C23H23ClN2O4S/c1-15-13-16(11-12-26(15)28)22(27)20-14-18(24)7-10-21(20)25-31(29,30)19-8-5-17(6-9-19)23(2,3)4/h5-14H,1-4H3,(H-,25,27,28)/p+1. The highest BCUT2D eigenvalue weighted by Gasteiger charge is 2.22. The van der Waals surface area contributed by atoms with Crippen molar-refractivity contribution < 1.29 is 23.1 Å². The van der Waals surface area contributed by atoms with Crippen molar-refractivity contribution in [2.45, 2.75) is 38.0 Å². The summed E-state index contributed by atoms with van der Waals surface area (Å²) in [5.74, 6) is -0.424. The van der Waals surface area contributed by atoms with Gasteiger partial charge in [-0.15, -0.1) is 0 Å². The van der Waals surface area contributed by atoms with Crippen LogP contribution in [0.15, 0.2) is 65.7 Å². The number of nitrogens with one attached hydrogen (secondary N) is 1. The average molecular weight is 460 g/mol. The lowest BCUT2D eigenvalue weighted by atomic mass is 9.87. The van der Waals surface area contributed by atoms with E-state index in [1.165, 1.54) is 36.5 Å². The summed E-state index contributed by atoms with van der Waals surface area (Å²) in [5.41, 5.74) is 1.87. The van der Waals surface area contributed by atoms with Crippen LogP contribution in [0.2, 0.25) is 5.02 Å². The second kappa shape index (κ2) is 8.32. The molecule has 3 rings (SSSR count). The topological polar surface area (TPSA) is 87.4 Å². The number of halogens is 1. The van der Waals surface area contributed by atoms with Gasteiger partial charge in [-0.3, -0.25) is 14.7 Å². The normalized spacial score (nSPS) is 11.9. The van der Waals surface area contributed by atoms with Crippen molar-refractivity contribution >= 4 is 33.1 Å². The Hall–Kier alpha value is -2.90. The maximum Gasteiger partial charge on any atom is 0.261 e. The molecule has 0 spiro atoms. The molecule has 6 nitrogen and oxygen atoms in total. The van der Waals surface area contributed by atoms with Gasteiger partial charge in [0.2, 0.25) is 11.9 Å². The highest BCUT2D eigenvalue weighted by molar-refractivity contribution is 7.92. The Kier molecular flexibility index (Phi) is 6.11. The van der Waals surface area contributed by atoms with Crippen LogP contribution in [0.1, 0.15) is 48.0 Å². The van der Waals surface area contributed by atoms with Crippen LogP contribution in [0.25, 0.3) is 0 Å². The van der Waals surface area contributed by atoms with E-state index in [1.54, 1.807) is 31.2 Å². The van der Waals surface area contributed by atoms with E-state index in [-0.39, 0.29) is 21.6 Å². The van der Waals surface area contributed by atoms with E-state index in [4.69, 9.17) is 11.6 Å². The van der Waals surface area contributed by atoms with Gasteiger partial charge in [0.15, 0.2) is 5.78 Å². The van der Waals surface area contributed by atoms with Gasteiger partial charge in [-0.1, -0.05) is 44.5 Å². The molecule has 0 saturated heterocycles. The number of hydrogen-bond donors (Lipinski definition) is 2. The Bertz CT molecular complexity index is 1250. The molecule has 0 aliphatic carbocycles. The first-order valence-electron chi connectivity index (χ1n) is 9.58. The van der Waals surface area contributed by atoms with Crippen LogP contribution in [0, 0.1) is 6.92 Å². The number of carbonyl (C=O) groups excluding carboxylic acids is 1. The van der Waals surface area contributed by atoms with Crippen LogP contribution in [0.5, 0.6) is 0 Å². The van der Waals surface area contributed by atoms with E-state index < -0.39 is 15.8 Å². The molecule has 0 atom stereocenters. The van der Waals surface area contributed by atoms with Crippen molar-refractivity contribution in [3.8, 4) is 0 Å². The van der Waals surface area contributed by atoms with E-state index >= 15 is 0 Å². The number of pyridine rings is 1. The van der Waals surface area contributed by atoms with Crippen LogP contribution in [-0.2, 0) is 15.4 Å². The molecule has 0 amide bonds. The van der Waals surface area contributed by atoms with Crippen molar-refractivity contribution in [1.29, 1.82) is 0 Å². The van der Waals surface area contributed by atoms with Crippen LogP contribution >= 0.6 is 11.6 Å². The first-order chi connectivity index (χ1) is 14.4. The summed E-state index contributed by atoms with van der Waals surface area (Å²) >= 11 is 6.08. The van der Waals surface area contributed by atoms with Gasteiger partial charge in [-0.25, -0.2) is 8.42 Å². The molecule has 1 aromatic heterocycles. The molecule has 0 unspecified atom stereocenters. The molecule has 0 bridgehead atoms. The van der Waals surface area contributed by atoms with Gasteiger partial charge in [-0.05, 0) is 41.3 Å². The van der Waals surface area contributed by atoms with Gasteiger partial charge in [0.25, 0.3) is 10.0 Å². The van der Waals surface area contributed by atoms with Crippen molar-refractivity contribution in [2.75, 3.05) is 4.72 Å². The van der Waals surface area contributed by atoms with Gasteiger partial charge in [-0.2, -0.15) is 0 Å². The number of benzene rings is 2. The zero-order chi connectivity index (χ0) is 23.0. The lowest BCUT2D eigenvalue weighted by Gasteiger charge is -2.19. The van der Waals surface area contributed by atoms with Crippen molar-refractivity contribution in [2.24, 2.45) is 0 Å². The predicted octanol–water partition coefficient (Wildman–Crippen LogP) is 4.50. The SMILES string of the molecule is Cc1cc(C(=O)c2cc(Cl)ccc2NS(=O)(=O)c2ccc(C(C)(C)C)cc2)cc[n+]1O. The van der Waals surface area contributed by atoms with Crippen molar-refractivity contribution in [3.63, 3.8) is 0 Å². The van der Waals surface area contributed by atoms with Crippen LogP contribution in [0.3, 0.4) is 0 Å². The third kappa shape index (κ3) is 5.06. The smallest absolute Gasteiger partial charge is 0.261 e. The molecule has 0 aliphatic heterocycles. The number of anilines is 1. The Morgan fingerprint density at radius 1 is 1.03 bits per heavy atom. The van der Waals surface area contributed by atoms with Crippen molar-refractivity contribution in [3.05, 3.63) is 88.2 Å². The first-order valence-corrected chi connectivity index (χ1v) is 11.4. The summed E-state index contributed by atoms with van der Waals surface area (Å²) in [6, 6.07) is 14.0. The highest BCUT2D eigenvalue weighted by atomic mass is 35.5. The molecule has 3 aromatic rings. The van der Waals surface area contributed by atoms with E-state index in [2.05, 4.69) is 4.72 Å². The Balaban J connectivity index is 1.98. The largest absolute Gasteiger partial charge is 0.289 e. The molecule has 0 aliphatic rings. The minimum Gasteiger partial charge on any atom is -0.289 e. The van der Waals surface area contributed by atoms with Crippen LogP contribution in [0.4, 0.5) is 5.69 Å². The van der Waals surface area contributed by atoms with Gasteiger partial charge in [0.05, 0.1) is 10.6 Å². The summed E-state index contributed by atoms with van der Waals surface area (Å²) in [6.45, 7) is 7.78. The van der Waals surface area contributed by atoms with Gasteiger partial charge < -0.3 is 0 Å². The quantitative estimate of drug-likeness (QED) is 0.334. The summed E-state index contributed by atoms with van der Waals surface area (Å²) in [6.07, 6.45) is 1.34. The molecule has 162 valence electrons. The zero-order valence-electron chi connectivity index (χ0n) is 17.7. The van der Waals surface area contributed by atoms with Gasteiger partial charge in [0.1, 0.15) is 0 Å². The maximum atomic E-state index is 13.1. The monoisotopic (exact) mass is 459 g/mol. The van der Waals surface area contributed by atoms with Gasteiger partial charge in [0, 0.05) is 39.9 Å². The molecule has 2 N–H and O–H groups in total.